The van der Waals surface area contributed by atoms with Gasteiger partial charge < -0.3 is 1.43 Å². The van der Waals surface area contributed by atoms with Crippen molar-refractivity contribution >= 4 is 0 Å². The molecular formula is H3CoLiMnNi2O4. The Morgan fingerprint density at radius 3 is 1.11 bits per heavy atom. The number of hydrogen-bond donors (Lipinski definition) is 2. The minimum atomic E-state index is -5.12. The molecule has 0 spiro atoms. The van der Waals surface area contributed by atoms with E-state index in [4.69, 9.17) is 16.0 Å². The summed E-state index contributed by atoms with van der Waals surface area (Å²) in [6, 6.07) is 0. The Hall–Kier alpha value is 2.13. The van der Waals surface area contributed by atoms with Gasteiger partial charge in [-0.2, -0.15) is 0 Å². The Balaban J connectivity index is -0.00000000800. The minimum absolute atomic E-state index is 0. The molecule has 0 aromatic heterocycles. The van der Waals surface area contributed by atoms with Gasteiger partial charge in [0.1, 0.15) is 0 Å². The maximum atomic E-state index is 8.80. The van der Waals surface area contributed by atoms with Crippen molar-refractivity contribution in [2.75, 3.05) is 0 Å². The Morgan fingerprint density at radius 1 is 1.11 bits per heavy atom. The quantitative estimate of drug-likeness (QED) is 0.445. The summed E-state index contributed by atoms with van der Waals surface area (Å²) in [4.78, 5) is 0. The van der Waals surface area contributed by atoms with E-state index < -0.39 is 13.4 Å². The van der Waals surface area contributed by atoms with Crippen molar-refractivity contribution < 1.29 is 99.5 Å². The van der Waals surface area contributed by atoms with Gasteiger partial charge in [0.15, 0.2) is 0 Å². The molecular weight excluding hydrogens is 302 g/mol. The van der Waals surface area contributed by atoms with E-state index in [1.54, 1.807) is 0 Å². The van der Waals surface area contributed by atoms with Crippen LogP contribution in [-0.2, 0) is 70.8 Å². The third kappa shape index (κ3) is 148. The van der Waals surface area contributed by atoms with E-state index >= 15 is 0 Å². The van der Waals surface area contributed by atoms with Crippen LogP contribution in [0.15, 0.2) is 0 Å². The first-order chi connectivity index (χ1) is 2.00. The van der Waals surface area contributed by atoms with E-state index in [0.29, 0.717) is 0 Å². The molecule has 0 unspecified atom stereocenters. The summed E-state index contributed by atoms with van der Waals surface area (Å²) < 4.78 is 31.8. The van der Waals surface area contributed by atoms with E-state index in [9.17, 15) is 0 Å². The van der Waals surface area contributed by atoms with Gasteiger partial charge in [-0.3, -0.25) is 0 Å². The molecule has 2 N–H and O–H groups in total. The predicted molar refractivity (Wildman–Crippen MR) is 6.92 cm³/mol. The fourth-order valence-corrected chi connectivity index (χ4v) is 0. The molecule has 0 saturated carbocycles. The molecule has 9 heteroatoms. The molecule has 1 radical (unpaired) electrons. The van der Waals surface area contributed by atoms with Gasteiger partial charge in [-0.15, -0.1) is 0 Å². The first-order valence-corrected chi connectivity index (χ1v) is 2.67. The molecule has 0 bridgehead atoms. The SMILES string of the molecule is [Co].[H-].[Li+].[Ni].[Ni].[O]=[Mn](=[O])([OH])[OH]. The van der Waals surface area contributed by atoms with Gasteiger partial charge in [0.05, 0.1) is 0 Å². The van der Waals surface area contributed by atoms with Crippen molar-refractivity contribution in [3.8, 4) is 0 Å². The first kappa shape index (κ1) is 30.4. The van der Waals surface area contributed by atoms with Crippen LogP contribution in [0.3, 0.4) is 0 Å². The summed E-state index contributed by atoms with van der Waals surface area (Å²) in [5.41, 5.74) is 0. The summed E-state index contributed by atoms with van der Waals surface area (Å²) in [5.74, 6) is 0. The summed E-state index contributed by atoms with van der Waals surface area (Å²) in [5, 5.41) is 0. The Morgan fingerprint density at radius 2 is 1.11 bits per heavy atom. The van der Waals surface area contributed by atoms with E-state index in [-0.39, 0.29) is 70.0 Å². The average Bonchev–Trinajstić information content (AvgIpc) is 0.722. The summed E-state index contributed by atoms with van der Waals surface area (Å²) in [6.45, 7) is 0. The summed E-state index contributed by atoms with van der Waals surface area (Å²) in [7, 11) is 0. The Kier molecular flexibility index (Phi) is 43.1. The van der Waals surface area contributed by atoms with E-state index in [1.165, 1.54) is 0 Å². The average molecular weight is 305 g/mol. The van der Waals surface area contributed by atoms with Gasteiger partial charge in [0.2, 0.25) is 0 Å². The second-order valence-electron chi connectivity index (χ2n) is 0.415. The zero-order valence-corrected chi connectivity index (χ0v) is 8.25. The first-order valence-electron chi connectivity index (χ1n) is 0.647. The topological polar surface area (TPSA) is 74.6 Å². The van der Waals surface area contributed by atoms with E-state index in [1.807, 2.05) is 0 Å². The van der Waals surface area contributed by atoms with Crippen LogP contribution in [0.25, 0.3) is 0 Å². The molecule has 64 valence electrons. The standard InChI is InChI=1S/Co.Li.Mn.2Ni.2H2O.2O.H/h;;;;;2*1H2;;;/q;+1;+2;;;;;;;-1/p-2. The zero-order valence-electron chi connectivity index (χ0n) is 5.05. The third-order valence-corrected chi connectivity index (χ3v) is 0. The van der Waals surface area contributed by atoms with E-state index in [2.05, 4.69) is 0 Å². The monoisotopic (exact) mass is 304 g/mol. The fourth-order valence-electron chi connectivity index (χ4n) is 0. The number of rotatable bonds is 0. The van der Waals surface area contributed by atoms with Crippen LogP contribution in [0.2, 0.25) is 0 Å². The second kappa shape index (κ2) is 12.8. The summed E-state index contributed by atoms with van der Waals surface area (Å²) >= 11 is -5.12. The van der Waals surface area contributed by atoms with Crippen LogP contribution in [-0.4, -0.2) is 8.38 Å². The van der Waals surface area contributed by atoms with Gasteiger partial charge in [-0.1, -0.05) is 0 Å². The van der Waals surface area contributed by atoms with Gasteiger partial charge in [0, 0.05) is 49.8 Å². The van der Waals surface area contributed by atoms with Gasteiger partial charge >= 0.3 is 48.3 Å². The van der Waals surface area contributed by atoms with Gasteiger partial charge in [-0.25, -0.2) is 0 Å². The predicted octanol–water partition coefficient (Wildman–Crippen LogP) is -4.25. The van der Waals surface area contributed by atoms with Gasteiger partial charge in [-0.05, 0) is 0 Å². The van der Waals surface area contributed by atoms with Gasteiger partial charge in [0.25, 0.3) is 0 Å². The van der Waals surface area contributed by atoms with Crippen LogP contribution in [0, 0.1) is 0 Å². The third-order valence-electron chi connectivity index (χ3n) is 0. The van der Waals surface area contributed by atoms with Crippen LogP contribution in [0.5, 0.6) is 0 Å². The molecule has 0 saturated heterocycles. The molecule has 0 amide bonds. The molecule has 4 nitrogen and oxygen atoms in total. The van der Waals surface area contributed by atoms with E-state index in [0.717, 1.165) is 0 Å². The fraction of sp³-hybridized carbons (Fsp3) is 0. The molecule has 9 heavy (non-hydrogen) atoms. The molecule has 0 atom stereocenters. The molecule has 0 aromatic rings. The van der Waals surface area contributed by atoms with Crippen LogP contribution in [0.1, 0.15) is 1.43 Å². The molecule has 0 aliphatic rings. The number of hydrogen-bond acceptors (Lipinski definition) is 2. The summed E-state index contributed by atoms with van der Waals surface area (Å²) in [6.07, 6.45) is 0. The van der Waals surface area contributed by atoms with Crippen molar-refractivity contribution in [3.63, 3.8) is 0 Å². The van der Waals surface area contributed by atoms with Crippen molar-refractivity contribution in [3.05, 3.63) is 0 Å². The molecule has 0 rings (SSSR count). The molecule has 0 fully saturated rings. The molecule has 0 aliphatic heterocycles. The van der Waals surface area contributed by atoms with Crippen molar-refractivity contribution in [1.29, 1.82) is 0 Å². The van der Waals surface area contributed by atoms with Crippen LogP contribution in [0.4, 0.5) is 0 Å². The maximum absolute atomic E-state index is 8.80. The Bertz CT molecular complexity index is 106. The molecule has 0 heterocycles. The molecule has 0 aromatic carbocycles. The van der Waals surface area contributed by atoms with Crippen molar-refractivity contribution in [2.45, 2.75) is 0 Å². The normalized spacial score (nSPS) is 6.44. The molecule has 0 aliphatic carbocycles. The van der Waals surface area contributed by atoms with Crippen molar-refractivity contribution in [1.82, 2.24) is 0 Å². The van der Waals surface area contributed by atoms with Crippen LogP contribution < -0.4 is 18.9 Å². The van der Waals surface area contributed by atoms with Crippen LogP contribution >= 0.6 is 0 Å². The zero-order chi connectivity index (χ0) is 4.50. The Labute approximate surface area is 98.5 Å². The van der Waals surface area contributed by atoms with Crippen molar-refractivity contribution in [2.24, 2.45) is 0 Å². The second-order valence-corrected chi connectivity index (χ2v) is 1.71.